The second-order valence-corrected chi connectivity index (χ2v) is 9.07. The summed E-state index contributed by atoms with van der Waals surface area (Å²) in [5.74, 6) is 0.153. The number of nitrogens with zero attached hydrogens (tertiary/aromatic N) is 3. The molecule has 2 saturated heterocycles. The number of nitrogens with one attached hydrogen (secondary N) is 1. The van der Waals surface area contributed by atoms with Crippen molar-refractivity contribution in [1.82, 2.24) is 20.2 Å². The first kappa shape index (κ1) is 23.1. The van der Waals surface area contributed by atoms with Crippen LogP contribution >= 0.6 is 11.3 Å². The molecule has 166 valence electrons. The second-order valence-electron chi connectivity index (χ2n) is 8.35. The topological polar surface area (TPSA) is 95.4 Å². The summed E-state index contributed by atoms with van der Waals surface area (Å²) in [7, 11) is 0. The molecular weight excluding hydrogens is 412 g/mol. The Bertz CT molecular complexity index is 883. The molecule has 2 fully saturated rings. The lowest BCUT2D eigenvalue weighted by atomic mass is 9.70. The molecule has 2 aliphatic rings. The van der Waals surface area contributed by atoms with Gasteiger partial charge < -0.3 is 10.4 Å². The van der Waals surface area contributed by atoms with Gasteiger partial charge in [-0.05, 0) is 45.2 Å². The van der Waals surface area contributed by atoms with E-state index in [0.717, 1.165) is 37.2 Å². The summed E-state index contributed by atoms with van der Waals surface area (Å²) in [5.41, 5.74) is 4.72. The van der Waals surface area contributed by atoms with E-state index in [1.54, 1.807) is 17.5 Å². The predicted octanol–water partition coefficient (Wildman–Crippen LogP) is 3.29. The molecule has 8 heteroatoms. The molecule has 2 aliphatic heterocycles. The van der Waals surface area contributed by atoms with Gasteiger partial charge in [0.05, 0.1) is 28.9 Å². The molecule has 0 radical (unpaired) electrons. The number of amides is 1. The first-order valence-electron chi connectivity index (χ1n) is 10.5. The van der Waals surface area contributed by atoms with E-state index in [9.17, 15) is 4.79 Å². The van der Waals surface area contributed by atoms with E-state index < -0.39 is 5.41 Å². The number of hydrogen-bond donors (Lipinski definition) is 2. The van der Waals surface area contributed by atoms with Crippen LogP contribution in [0.5, 0.6) is 0 Å². The Kier molecular flexibility index (Phi) is 7.92. The molecule has 2 N–H and O–H groups in total. The Morgan fingerprint density at radius 2 is 2.13 bits per heavy atom. The summed E-state index contributed by atoms with van der Waals surface area (Å²) < 4.78 is 0. The van der Waals surface area contributed by atoms with Crippen LogP contribution in [0.2, 0.25) is 0 Å². The van der Waals surface area contributed by atoms with Crippen molar-refractivity contribution < 1.29 is 14.7 Å². The molecule has 31 heavy (non-hydrogen) atoms. The van der Waals surface area contributed by atoms with Crippen LogP contribution in [0.25, 0.3) is 0 Å². The molecule has 0 saturated carbocycles. The molecule has 4 heterocycles. The molecule has 0 unspecified atom stereocenters. The van der Waals surface area contributed by atoms with Crippen molar-refractivity contribution in [3.8, 4) is 0 Å². The Hall–Kier alpha value is -2.58. The highest BCUT2D eigenvalue weighted by atomic mass is 32.1. The zero-order chi connectivity index (χ0) is 22.3. The highest BCUT2D eigenvalue weighted by Crippen LogP contribution is 2.51. The number of pyridine rings is 1. The summed E-state index contributed by atoms with van der Waals surface area (Å²) in [6.45, 7) is 5.44. The van der Waals surface area contributed by atoms with E-state index in [4.69, 9.17) is 9.90 Å². The Labute approximate surface area is 187 Å². The number of carboxylic acid groups (broad SMARTS) is 1. The van der Waals surface area contributed by atoms with Gasteiger partial charge in [0.25, 0.3) is 6.47 Å². The van der Waals surface area contributed by atoms with Gasteiger partial charge in [0.2, 0.25) is 5.91 Å². The lowest BCUT2D eigenvalue weighted by molar-refractivity contribution is -0.133. The number of carbonyl (C=O) groups excluding carboxylic acids is 1. The third-order valence-corrected chi connectivity index (χ3v) is 6.81. The van der Waals surface area contributed by atoms with Crippen molar-refractivity contribution in [2.75, 3.05) is 6.54 Å². The molecular formula is C23H30N4O3S. The number of rotatable bonds is 7. The first-order chi connectivity index (χ1) is 15.0. The highest BCUT2D eigenvalue weighted by Gasteiger charge is 2.59. The Morgan fingerprint density at radius 1 is 1.32 bits per heavy atom. The largest absolute Gasteiger partial charge is 0.483 e. The summed E-state index contributed by atoms with van der Waals surface area (Å²) >= 11 is 1.60. The number of allylic oxidation sites excluding steroid dienone is 1. The predicted molar refractivity (Wildman–Crippen MR) is 121 cm³/mol. The molecule has 2 aromatic rings. The molecule has 2 bridgehead atoms. The van der Waals surface area contributed by atoms with Crippen LogP contribution in [0.1, 0.15) is 44.5 Å². The van der Waals surface area contributed by atoms with Crippen LogP contribution in [0.15, 0.2) is 46.9 Å². The van der Waals surface area contributed by atoms with E-state index in [0.29, 0.717) is 12.6 Å². The summed E-state index contributed by atoms with van der Waals surface area (Å²) in [6, 6.07) is 6.57. The highest BCUT2D eigenvalue weighted by molar-refractivity contribution is 7.07. The van der Waals surface area contributed by atoms with Gasteiger partial charge in [0, 0.05) is 36.6 Å². The normalized spacial score (nSPS) is 24.2. The van der Waals surface area contributed by atoms with Gasteiger partial charge in [-0.15, -0.1) is 11.3 Å². The average molecular weight is 443 g/mol. The van der Waals surface area contributed by atoms with Crippen molar-refractivity contribution >= 4 is 23.7 Å². The zero-order valence-corrected chi connectivity index (χ0v) is 18.8. The van der Waals surface area contributed by atoms with Crippen LogP contribution < -0.4 is 5.32 Å². The number of carbonyl (C=O) groups is 2. The fourth-order valence-corrected chi connectivity index (χ4v) is 5.44. The van der Waals surface area contributed by atoms with Gasteiger partial charge in [-0.3, -0.25) is 19.5 Å². The summed E-state index contributed by atoms with van der Waals surface area (Å²) in [4.78, 5) is 33.3. The molecule has 0 aromatic carbocycles. The van der Waals surface area contributed by atoms with Crippen molar-refractivity contribution in [2.45, 2.75) is 58.2 Å². The Balaban J connectivity index is 0.000000858. The van der Waals surface area contributed by atoms with Crippen LogP contribution in [-0.4, -0.2) is 51.0 Å². The molecule has 0 spiro atoms. The third-order valence-electron chi connectivity index (χ3n) is 6.18. The second kappa shape index (κ2) is 10.6. The van der Waals surface area contributed by atoms with Gasteiger partial charge in [-0.1, -0.05) is 17.7 Å². The van der Waals surface area contributed by atoms with Crippen molar-refractivity contribution in [2.24, 2.45) is 5.41 Å². The minimum atomic E-state index is -0.402. The van der Waals surface area contributed by atoms with E-state index in [1.165, 1.54) is 12.0 Å². The average Bonchev–Trinajstić information content (AvgIpc) is 3.48. The van der Waals surface area contributed by atoms with Gasteiger partial charge >= 0.3 is 0 Å². The van der Waals surface area contributed by atoms with Crippen LogP contribution in [0.3, 0.4) is 0 Å². The molecule has 2 aromatic heterocycles. The number of aromatic nitrogens is 2. The standard InChI is InChI=1S/C22H28N4OS.CH2O2/c1-16(2)8-10-26-19-6-7-20(26)22(12-19,11-18-14-28-15-25-18)21(27)24-13-17-5-3-4-9-23-17;2-1-3/h3-5,8-9,14-15,19-20H,6-7,10-13H2,1-2H3,(H,24,27);1H,(H,2,3)/t19-,20+,22+;/m1./s1. The maximum absolute atomic E-state index is 13.5. The molecule has 0 aliphatic carbocycles. The van der Waals surface area contributed by atoms with Crippen LogP contribution in [0, 0.1) is 5.41 Å². The van der Waals surface area contributed by atoms with Crippen molar-refractivity contribution in [3.63, 3.8) is 0 Å². The SMILES string of the molecule is CC(C)=CCN1[C@@H]2CC[C@H]1[C@@](Cc1cscn1)(C(=O)NCc1ccccn1)C2.O=CO. The van der Waals surface area contributed by atoms with E-state index in [2.05, 4.69) is 45.5 Å². The monoisotopic (exact) mass is 442 g/mol. The molecule has 3 atom stereocenters. The van der Waals surface area contributed by atoms with Crippen LogP contribution in [-0.2, 0) is 22.6 Å². The molecule has 1 amide bonds. The van der Waals surface area contributed by atoms with E-state index >= 15 is 0 Å². The summed E-state index contributed by atoms with van der Waals surface area (Å²) in [5, 5.41) is 12.2. The lowest BCUT2D eigenvalue weighted by Gasteiger charge is -2.36. The fourth-order valence-electron chi connectivity index (χ4n) is 4.88. The minimum absolute atomic E-state index is 0.153. The lowest BCUT2D eigenvalue weighted by Crippen LogP contribution is -2.50. The van der Waals surface area contributed by atoms with Gasteiger partial charge in [0.15, 0.2) is 0 Å². The maximum Gasteiger partial charge on any atom is 0.290 e. The third kappa shape index (κ3) is 5.37. The van der Waals surface area contributed by atoms with E-state index in [-0.39, 0.29) is 18.4 Å². The first-order valence-corrected chi connectivity index (χ1v) is 11.5. The number of thiazole rings is 1. The number of hydrogen-bond acceptors (Lipinski definition) is 6. The fraction of sp³-hybridized carbons (Fsp3) is 0.478. The summed E-state index contributed by atoms with van der Waals surface area (Å²) in [6.07, 6.45) is 7.97. The minimum Gasteiger partial charge on any atom is -0.483 e. The Morgan fingerprint density at radius 3 is 2.77 bits per heavy atom. The molecule has 4 rings (SSSR count). The van der Waals surface area contributed by atoms with E-state index in [1.807, 2.05) is 23.7 Å². The van der Waals surface area contributed by atoms with Crippen molar-refractivity contribution in [1.29, 1.82) is 0 Å². The van der Waals surface area contributed by atoms with Gasteiger partial charge in [0.1, 0.15) is 0 Å². The quantitative estimate of drug-likeness (QED) is 0.505. The molecule has 7 nitrogen and oxygen atoms in total. The van der Waals surface area contributed by atoms with Gasteiger partial charge in [-0.2, -0.15) is 0 Å². The maximum atomic E-state index is 13.5. The van der Waals surface area contributed by atoms with Gasteiger partial charge in [-0.25, -0.2) is 4.98 Å². The smallest absolute Gasteiger partial charge is 0.290 e. The van der Waals surface area contributed by atoms with Crippen LogP contribution in [0.4, 0.5) is 0 Å². The van der Waals surface area contributed by atoms with Crippen molar-refractivity contribution in [3.05, 3.63) is 58.3 Å². The zero-order valence-electron chi connectivity index (χ0n) is 18.0. The number of fused-ring (bicyclic) bond motifs is 2.